The number of aromatic amines is 1. The Labute approximate surface area is 201 Å². The number of carbonyl (C=O) groups excluding carboxylic acids is 1. The molecule has 3 aromatic rings. The van der Waals surface area contributed by atoms with Crippen LogP contribution in [0.2, 0.25) is 4.34 Å². The lowest BCUT2D eigenvalue weighted by Gasteiger charge is -2.34. The molecule has 32 heavy (non-hydrogen) atoms. The first-order chi connectivity index (χ1) is 15.5. The number of amides is 1. The monoisotopic (exact) mass is 490 g/mol. The largest absolute Gasteiger partial charge is 0.340 e. The van der Waals surface area contributed by atoms with Crippen molar-refractivity contribution >= 4 is 52.0 Å². The van der Waals surface area contributed by atoms with Crippen LogP contribution in [-0.2, 0) is 17.9 Å². The Morgan fingerprint density at radius 1 is 1.06 bits per heavy atom. The van der Waals surface area contributed by atoms with E-state index in [0.29, 0.717) is 23.1 Å². The molecule has 1 aromatic carbocycles. The summed E-state index contributed by atoms with van der Waals surface area (Å²) in [5.41, 5.74) is 0.715. The van der Waals surface area contributed by atoms with Crippen LogP contribution in [0.3, 0.4) is 0 Å². The highest BCUT2D eigenvalue weighted by molar-refractivity contribution is 7.71. The third-order valence-corrected chi connectivity index (χ3v) is 7.43. The van der Waals surface area contributed by atoms with Crippen LogP contribution in [0.25, 0.3) is 10.9 Å². The molecule has 0 radical (unpaired) electrons. The van der Waals surface area contributed by atoms with Crippen molar-refractivity contribution in [2.75, 3.05) is 26.2 Å². The highest BCUT2D eigenvalue weighted by atomic mass is 35.5. The molecule has 1 saturated heterocycles. The van der Waals surface area contributed by atoms with Crippen LogP contribution in [0.1, 0.15) is 30.6 Å². The Kier molecular flexibility index (Phi) is 7.78. The van der Waals surface area contributed by atoms with E-state index < -0.39 is 0 Å². The van der Waals surface area contributed by atoms with Gasteiger partial charge < -0.3 is 9.88 Å². The maximum absolute atomic E-state index is 12.7. The molecule has 2 aromatic heterocycles. The van der Waals surface area contributed by atoms with Gasteiger partial charge in [-0.1, -0.05) is 30.2 Å². The molecule has 0 spiro atoms. The summed E-state index contributed by atoms with van der Waals surface area (Å²) >= 11 is 13.0. The summed E-state index contributed by atoms with van der Waals surface area (Å²) in [6, 6.07) is 11.4. The smallest absolute Gasteiger partial charge is 0.262 e. The number of unbranched alkanes of at least 4 members (excludes halogenated alkanes) is 2. The van der Waals surface area contributed by atoms with Gasteiger partial charge in [-0.05, 0) is 49.3 Å². The maximum atomic E-state index is 12.7. The van der Waals surface area contributed by atoms with Gasteiger partial charge in [-0.25, -0.2) is 0 Å². The number of nitrogens with one attached hydrogen (secondary N) is 1. The van der Waals surface area contributed by atoms with Crippen molar-refractivity contribution < 1.29 is 4.79 Å². The van der Waals surface area contributed by atoms with Crippen LogP contribution in [0.5, 0.6) is 0 Å². The van der Waals surface area contributed by atoms with Gasteiger partial charge in [0.15, 0.2) is 4.77 Å². The zero-order valence-electron chi connectivity index (χ0n) is 17.9. The van der Waals surface area contributed by atoms with Gasteiger partial charge in [0.2, 0.25) is 5.91 Å². The number of halogens is 1. The second-order valence-corrected chi connectivity index (χ2v) is 10.3. The van der Waals surface area contributed by atoms with Gasteiger partial charge in [0.1, 0.15) is 0 Å². The summed E-state index contributed by atoms with van der Waals surface area (Å²) < 4.78 is 2.90. The molecule has 0 aliphatic carbocycles. The second-order valence-electron chi connectivity index (χ2n) is 8.11. The number of benzene rings is 1. The number of para-hydroxylation sites is 1. The van der Waals surface area contributed by atoms with Gasteiger partial charge in [-0.2, -0.15) is 0 Å². The Bertz CT molecular complexity index is 1190. The minimum absolute atomic E-state index is 0.0527. The zero-order valence-corrected chi connectivity index (χ0v) is 20.3. The first-order valence-corrected chi connectivity index (χ1v) is 12.6. The molecule has 3 heterocycles. The quantitative estimate of drug-likeness (QED) is 0.368. The number of aromatic nitrogens is 2. The Morgan fingerprint density at radius 2 is 1.84 bits per heavy atom. The summed E-state index contributed by atoms with van der Waals surface area (Å²) in [6.07, 6.45) is 3.09. The topological polar surface area (TPSA) is 61.3 Å². The van der Waals surface area contributed by atoms with E-state index in [-0.39, 0.29) is 11.5 Å². The molecule has 1 N–H and O–H groups in total. The van der Waals surface area contributed by atoms with Gasteiger partial charge in [0, 0.05) is 50.6 Å². The van der Waals surface area contributed by atoms with E-state index in [1.807, 2.05) is 35.2 Å². The normalized spacial score (nSPS) is 14.8. The van der Waals surface area contributed by atoms with E-state index >= 15 is 0 Å². The van der Waals surface area contributed by atoms with Crippen molar-refractivity contribution in [3.05, 3.63) is 60.7 Å². The number of fused-ring (bicyclic) bond motifs is 1. The zero-order chi connectivity index (χ0) is 22.5. The number of hydrogen-bond donors (Lipinski definition) is 1. The minimum Gasteiger partial charge on any atom is -0.340 e. The molecular formula is C23H27ClN4O2S2. The second kappa shape index (κ2) is 10.7. The number of nitrogens with zero attached hydrogens (tertiary/aromatic N) is 3. The summed E-state index contributed by atoms with van der Waals surface area (Å²) in [7, 11) is 0. The predicted octanol–water partition coefficient (Wildman–Crippen LogP) is 4.68. The fraction of sp³-hybridized carbons (Fsp3) is 0.435. The molecule has 1 aliphatic heterocycles. The standard InChI is InChI=1S/C23H27ClN4O2S2/c24-20-10-9-17(32-20)16-26-12-14-27(15-13-26)21(29)8-2-1-5-11-28-22(30)18-6-3-4-7-19(18)25-23(28)31/h3-4,6-7,9-10H,1-2,5,8,11-16H2,(H,25,31). The predicted molar refractivity (Wildman–Crippen MR) is 133 cm³/mol. The molecule has 1 aliphatic rings. The highest BCUT2D eigenvalue weighted by Crippen LogP contribution is 2.23. The van der Waals surface area contributed by atoms with Gasteiger partial charge in [-0.15, -0.1) is 11.3 Å². The Balaban J connectivity index is 1.18. The molecule has 9 heteroatoms. The van der Waals surface area contributed by atoms with Crippen molar-refractivity contribution in [3.8, 4) is 0 Å². The first kappa shape index (κ1) is 23.2. The average Bonchev–Trinajstić information content (AvgIpc) is 3.20. The van der Waals surface area contributed by atoms with Gasteiger partial charge >= 0.3 is 0 Å². The lowest BCUT2D eigenvalue weighted by atomic mass is 10.1. The number of carbonyl (C=O) groups is 1. The van der Waals surface area contributed by atoms with Crippen LogP contribution in [0, 0.1) is 4.77 Å². The SMILES string of the molecule is O=C(CCCCCn1c(=S)[nH]c2ccccc2c1=O)N1CCN(Cc2ccc(Cl)s2)CC1. The van der Waals surface area contributed by atoms with Gasteiger partial charge in [-0.3, -0.25) is 19.1 Å². The van der Waals surface area contributed by atoms with Gasteiger partial charge in [0.25, 0.3) is 5.56 Å². The van der Waals surface area contributed by atoms with Crippen LogP contribution in [0.15, 0.2) is 41.2 Å². The molecular weight excluding hydrogens is 464 g/mol. The summed E-state index contributed by atoms with van der Waals surface area (Å²) in [5.74, 6) is 0.226. The van der Waals surface area contributed by atoms with Crippen molar-refractivity contribution in [2.24, 2.45) is 0 Å². The molecule has 0 bridgehead atoms. The first-order valence-electron chi connectivity index (χ1n) is 11.0. The lowest BCUT2D eigenvalue weighted by Crippen LogP contribution is -2.48. The molecule has 6 nitrogen and oxygen atoms in total. The molecule has 0 unspecified atom stereocenters. The van der Waals surface area contributed by atoms with Crippen molar-refractivity contribution in [3.63, 3.8) is 0 Å². The van der Waals surface area contributed by atoms with Crippen LogP contribution >= 0.6 is 35.2 Å². The Morgan fingerprint density at radius 3 is 2.59 bits per heavy atom. The molecule has 170 valence electrons. The third-order valence-electron chi connectivity index (χ3n) is 5.90. The third kappa shape index (κ3) is 5.67. The summed E-state index contributed by atoms with van der Waals surface area (Å²) in [6.45, 7) is 4.81. The van der Waals surface area contributed by atoms with E-state index in [1.165, 1.54) is 4.88 Å². The fourth-order valence-corrected chi connectivity index (χ4v) is 5.51. The van der Waals surface area contributed by atoms with Gasteiger partial charge in [0.05, 0.1) is 15.2 Å². The summed E-state index contributed by atoms with van der Waals surface area (Å²) in [4.78, 5) is 34.0. The van der Waals surface area contributed by atoms with Crippen LogP contribution in [0.4, 0.5) is 0 Å². The molecule has 1 fully saturated rings. The number of piperazine rings is 1. The molecule has 0 atom stereocenters. The molecule has 4 rings (SSSR count). The van der Waals surface area contributed by atoms with E-state index in [0.717, 1.165) is 61.8 Å². The fourth-order valence-electron chi connectivity index (χ4n) is 4.10. The summed E-state index contributed by atoms with van der Waals surface area (Å²) in [5, 5.41) is 0.651. The van der Waals surface area contributed by atoms with Crippen molar-refractivity contribution in [2.45, 2.75) is 38.8 Å². The Hall–Kier alpha value is -2.00. The van der Waals surface area contributed by atoms with Crippen LogP contribution in [-0.4, -0.2) is 51.4 Å². The van der Waals surface area contributed by atoms with Crippen molar-refractivity contribution in [1.29, 1.82) is 0 Å². The number of thiophene rings is 1. The van der Waals surface area contributed by atoms with E-state index in [4.69, 9.17) is 23.8 Å². The number of rotatable bonds is 8. The lowest BCUT2D eigenvalue weighted by molar-refractivity contribution is -0.133. The number of hydrogen-bond acceptors (Lipinski definition) is 5. The number of H-pyrrole nitrogens is 1. The minimum atomic E-state index is -0.0527. The highest BCUT2D eigenvalue weighted by Gasteiger charge is 2.21. The van der Waals surface area contributed by atoms with E-state index in [1.54, 1.807) is 15.9 Å². The molecule has 1 amide bonds. The molecule has 0 saturated carbocycles. The van der Waals surface area contributed by atoms with E-state index in [2.05, 4.69) is 16.0 Å². The van der Waals surface area contributed by atoms with Crippen molar-refractivity contribution in [1.82, 2.24) is 19.4 Å². The average molecular weight is 491 g/mol. The van der Waals surface area contributed by atoms with Crippen LogP contribution < -0.4 is 5.56 Å². The maximum Gasteiger partial charge on any atom is 0.262 e. The van der Waals surface area contributed by atoms with E-state index in [9.17, 15) is 9.59 Å².